The summed E-state index contributed by atoms with van der Waals surface area (Å²) < 4.78 is 0. The van der Waals surface area contributed by atoms with Gasteiger partial charge in [-0.1, -0.05) is 36.0 Å². The highest BCUT2D eigenvalue weighted by Crippen LogP contribution is 2.48. The second-order valence-electron chi connectivity index (χ2n) is 3.12. The quantitative estimate of drug-likeness (QED) is 0.676. The summed E-state index contributed by atoms with van der Waals surface area (Å²) in [5, 5.41) is 10.2. The fourth-order valence-corrected chi connectivity index (χ4v) is 2.56. The molecule has 0 saturated heterocycles. The fourth-order valence-electron chi connectivity index (χ4n) is 1.72. The van der Waals surface area contributed by atoms with Crippen molar-refractivity contribution in [2.45, 2.75) is 5.72 Å². The smallest absolute Gasteiger partial charge is 0.216 e. The Morgan fingerprint density at radius 2 is 2.15 bits per heavy atom. The van der Waals surface area contributed by atoms with E-state index in [0.29, 0.717) is 0 Å². The van der Waals surface area contributed by atoms with Gasteiger partial charge in [-0.25, -0.2) is 4.99 Å². The first-order chi connectivity index (χ1) is 6.31. The van der Waals surface area contributed by atoms with Gasteiger partial charge in [0.2, 0.25) is 5.72 Å². The van der Waals surface area contributed by atoms with Crippen LogP contribution in [-0.2, 0) is 5.72 Å². The van der Waals surface area contributed by atoms with Crippen LogP contribution < -0.4 is 0 Å². The maximum atomic E-state index is 10.2. The molecule has 1 aliphatic heterocycles. The fraction of sp³-hybridized carbons (Fsp3) is 0.100. The number of benzene rings is 1. The summed E-state index contributed by atoms with van der Waals surface area (Å²) in [4.78, 5) is 5.01. The Labute approximate surface area is 80.0 Å². The minimum absolute atomic E-state index is 0.895. The van der Waals surface area contributed by atoms with Gasteiger partial charge in [0.05, 0.1) is 10.5 Å². The summed E-state index contributed by atoms with van der Waals surface area (Å²) in [5.41, 5.74) is 2.60. The van der Waals surface area contributed by atoms with Gasteiger partial charge in [-0.3, -0.25) is 0 Å². The zero-order valence-corrected chi connectivity index (χ0v) is 7.58. The molecular formula is C10H7NOS. The number of hydrogen-bond donors (Lipinski definition) is 1. The van der Waals surface area contributed by atoms with Crippen LogP contribution in [0.25, 0.3) is 6.08 Å². The molecule has 1 aromatic carbocycles. The van der Waals surface area contributed by atoms with Crippen molar-refractivity contribution in [3.63, 3.8) is 0 Å². The van der Waals surface area contributed by atoms with Gasteiger partial charge in [0, 0.05) is 5.56 Å². The number of hydrogen-bond acceptors (Lipinski definition) is 3. The first-order valence-electron chi connectivity index (χ1n) is 4.05. The number of aliphatic imine (C=N–C) groups is 1. The largest absolute Gasteiger partial charge is 0.361 e. The van der Waals surface area contributed by atoms with Gasteiger partial charge in [0.25, 0.3) is 0 Å². The highest BCUT2D eigenvalue weighted by molar-refractivity contribution is 8.15. The van der Waals surface area contributed by atoms with Crippen LogP contribution >= 0.6 is 11.8 Å². The van der Waals surface area contributed by atoms with E-state index < -0.39 is 5.72 Å². The summed E-state index contributed by atoms with van der Waals surface area (Å²) in [6.07, 6.45) is 1.99. The van der Waals surface area contributed by atoms with Crippen molar-refractivity contribution in [1.82, 2.24) is 0 Å². The molecule has 1 heterocycles. The van der Waals surface area contributed by atoms with Gasteiger partial charge < -0.3 is 5.11 Å². The summed E-state index contributed by atoms with van der Waals surface area (Å²) in [7, 11) is 0. The Balaban J connectivity index is 2.30. The molecule has 0 bridgehead atoms. The lowest BCUT2D eigenvalue weighted by atomic mass is 10.1. The average molecular weight is 189 g/mol. The molecule has 0 fully saturated rings. The van der Waals surface area contributed by atoms with Gasteiger partial charge in [0.1, 0.15) is 0 Å². The number of aliphatic hydroxyl groups is 1. The zero-order valence-electron chi connectivity index (χ0n) is 6.77. The molecule has 0 aromatic heterocycles. The van der Waals surface area contributed by atoms with E-state index in [9.17, 15) is 5.11 Å². The topological polar surface area (TPSA) is 32.6 Å². The summed E-state index contributed by atoms with van der Waals surface area (Å²) >= 11 is 1.49. The Bertz CT molecular complexity index is 438. The van der Waals surface area contributed by atoms with Crippen LogP contribution in [-0.4, -0.2) is 10.7 Å². The highest BCUT2D eigenvalue weighted by Gasteiger charge is 2.42. The Morgan fingerprint density at radius 3 is 3.08 bits per heavy atom. The average Bonchev–Trinajstić information content (AvgIpc) is 2.60. The molecule has 1 aromatic rings. The molecule has 0 saturated carbocycles. The van der Waals surface area contributed by atoms with Crippen molar-refractivity contribution in [2.75, 3.05) is 0 Å². The third-order valence-corrected chi connectivity index (χ3v) is 3.25. The van der Waals surface area contributed by atoms with Crippen molar-refractivity contribution >= 4 is 23.4 Å². The summed E-state index contributed by atoms with van der Waals surface area (Å²) in [6, 6.07) is 7.80. The number of nitrogens with zero attached hydrogens (tertiary/aromatic N) is 1. The van der Waals surface area contributed by atoms with Crippen LogP contribution in [0.1, 0.15) is 11.1 Å². The first kappa shape index (κ1) is 7.35. The van der Waals surface area contributed by atoms with Crippen molar-refractivity contribution in [3.05, 3.63) is 40.3 Å². The monoisotopic (exact) mass is 189 g/mol. The molecule has 1 unspecified atom stereocenters. The second-order valence-corrected chi connectivity index (χ2v) is 4.01. The van der Waals surface area contributed by atoms with Gasteiger partial charge in [0.15, 0.2) is 0 Å². The molecule has 0 spiro atoms. The van der Waals surface area contributed by atoms with Crippen molar-refractivity contribution in [1.29, 1.82) is 0 Å². The van der Waals surface area contributed by atoms with Gasteiger partial charge in [-0.2, -0.15) is 0 Å². The van der Waals surface area contributed by atoms with Crippen molar-refractivity contribution in [3.8, 4) is 0 Å². The lowest BCUT2D eigenvalue weighted by Gasteiger charge is -2.16. The molecule has 2 nitrogen and oxygen atoms in total. The van der Waals surface area contributed by atoms with E-state index in [-0.39, 0.29) is 0 Å². The molecule has 0 amide bonds. The van der Waals surface area contributed by atoms with Crippen molar-refractivity contribution in [2.24, 2.45) is 4.99 Å². The normalized spacial score (nSPS) is 28.5. The van der Waals surface area contributed by atoms with Crippen LogP contribution in [0.5, 0.6) is 0 Å². The Morgan fingerprint density at radius 1 is 1.31 bits per heavy atom. The first-order valence-corrected chi connectivity index (χ1v) is 4.93. The lowest BCUT2D eigenvalue weighted by molar-refractivity contribution is 0.102. The number of fused-ring (bicyclic) bond motifs is 3. The summed E-state index contributed by atoms with van der Waals surface area (Å²) in [5.74, 6) is 0. The third kappa shape index (κ3) is 0.806. The molecule has 3 heteroatoms. The molecule has 0 radical (unpaired) electrons. The number of thioether (sulfide) groups is 1. The number of rotatable bonds is 0. The molecule has 1 aliphatic carbocycles. The minimum atomic E-state index is -1.07. The Hall–Kier alpha value is -1.06. The Kier molecular flexibility index (Phi) is 1.27. The van der Waals surface area contributed by atoms with E-state index in [1.807, 2.05) is 30.3 Å². The molecule has 1 N–H and O–H groups in total. The molecule has 1 atom stereocenters. The maximum Gasteiger partial charge on any atom is 0.216 e. The van der Waals surface area contributed by atoms with E-state index in [1.165, 1.54) is 11.8 Å². The van der Waals surface area contributed by atoms with Crippen LogP contribution in [0, 0.1) is 0 Å². The van der Waals surface area contributed by atoms with Crippen LogP contribution in [0.4, 0.5) is 0 Å². The molecular weight excluding hydrogens is 182 g/mol. The summed E-state index contributed by atoms with van der Waals surface area (Å²) in [6.45, 7) is 0. The van der Waals surface area contributed by atoms with E-state index in [0.717, 1.165) is 16.0 Å². The minimum Gasteiger partial charge on any atom is -0.361 e. The van der Waals surface area contributed by atoms with E-state index in [1.54, 1.807) is 5.55 Å². The van der Waals surface area contributed by atoms with E-state index in [2.05, 4.69) is 4.99 Å². The van der Waals surface area contributed by atoms with Crippen molar-refractivity contribution < 1.29 is 5.11 Å². The molecule has 13 heavy (non-hydrogen) atoms. The zero-order chi connectivity index (χ0) is 8.89. The molecule has 2 aliphatic rings. The maximum absolute atomic E-state index is 10.2. The molecule has 64 valence electrons. The highest BCUT2D eigenvalue weighted by atomic mass is 32.2. The van der Waals surface area contributed by atoms with Crippen LogP contribution in [0.3, 0.4) is 0 Å². The molecule has 3 rings (SSSR count). The van der Waals surface area contributed by atoms with Gasteiger partial charge >= 0.3 is 0 Å². The van der Waals surface area contributed by atoms with Gasteiger partial charge in [-0.15, -0.1) is 0 Å². The standard InChI is InChI=1S/C10H7NOS/c12-10-8-4-2-1-3-7(8)5-9(10)13-6-11-10/h1-6,12H. The van der Waals surface area contributed by atoms with Gasteiger partial charge in [-0.05, 0) is 11.6 Å². The third-order valence-electron chi connectivity index (χ3n) is 2.39. The lowest BCUT2D eigenvalue weighted by Crippen LogP contribution is -2.18. The van der Waals surface area contributed by atoms with Crippen LogP contribution in [0.15, 0.2) is 34.2 Å². The second kappa shape index (κ2) is 2.25. The predicted octanol–water partition coefficient (Wildman–Crippen LogP) is 1.96. The predicted molar refractivity (Wildman–Crippen MR) is 54.4 cm³/mol. The van der Waals surface area contributed by atoms with E-state index >= 15 is 0 Å². The SMILES string of the molecule is OC12N=CSC1=Cc1ccccc12. The van der Waals surface area contributed by atoms with Crippen LogP contribution in [0.2, 0.25) is 0 Å². The van der Waals surface area contributed by atoms with E-state index in [4.69, 9.17) is 0 Å².